The SMILES string of the molecule is CNc1cc(N)nc(-c2ccc(F)cc2)n1. The summed E-state index contributed by atoms with van der Waals surface area (Å²) in [7, 11) is 1.75. The maximum absolute atomic E-state index is 12.7. The molecule has 0 aliphatic carbocycles. The number of halogens is 1. The van der Waals surface area contributed by atoms with Gasteiger partial charge in [0.05, 0.1) is 0 Å². The van der Waals surface area contributed by atoms with Crippen molar-refractivity contribution in [3.05, 3.63) is 36.1 Å². The van der Waals surface area contributed by atoms with Crippen molar-refractivity contribution in [2.24, 2.45) is 0 Å². The molecule has 0 unspecified atom stereocenters. The smallest absolute Gasteiger partial charge is 0.163 e. The molecule has 0 aliphatic rings. The van der Waals surface area contributed by atoms with E-state index < -0.39 is 0 Å². The molecule has 16 heavy (non-hydrogen) atoms. The first-order valence-electron chi connectivity index (χ1n) is 4.77. The molecule has 1 heterocycles. The molecule has 1 aromatic carbocycles. The summed E-state index contributed by atoms with van der Waals surface area (Å²) < 4.78 is 12.7. The topological polar surface area (TPSA) is 63.8 Å². The Kier molecular flexibility index (Phi) is 2.68. The molecule has 0 radical (unpaired) electrons. The molecule has 0 amide bonds. The fraction of sp³-hybridized carbons (Fsp3) is 0.0909. The molecular formula is C11H11FN4. The van der Waals surface area contributed by atoms with E-state index in [1.165, 1.54) is 12.1 Å². The molecule has 0 fully saturated rings. The Balaban J connectivity index is 2.47. The Hall–Kier alpha value is -2.17. The second-order valence-corrected chi connectivity index (χ2v) is 3.26. The normalized spacial score (nSPS) is 10.1. The predicted molar refractivity (Wildman–Crippen MR) is 61.4 cm³/mol. The zero-order valence-electron chi connectivity index (χ0n) is 8.74. The number of anilines is 2. The van der Waals surface area contributed by atoms with Gasteiger partial charge < -0.3 is 11.1 Å². The average Bonchev–Trinajstić information content (AvgIpc) is 2.29. The Morgan fingerprint density at radius 3 is 2.50 bits per heavy atom. The summed E-state index contributed by atoms with van der Waals surface area (Å²) in [4.78, 5) is 8.31. The third-order valence-electron chi connectivity index (χ3n) is 2.10. The predicted octanol–water partition coefficient (Wildman–Crippen LogP) is 1.91. The summed E-state index contributed by atoms with van der Waals surface area (Å²) in [6.45, 7) is 0. The minimum Gasteiger partial charge on any atom is -0.384 e. The standard InChI is InChI=1S/C11H11FN4/c1-14-10-6-9(13)15-11(16-10)7-2-4-8(12)5-3-7/h2-6H,1H3,(H3,13,14,15,16). The fourth-order valence-corrected chi connectivity index (χ4v) is 1.32. The molecule has 82 valence electrons. The fourth-order valence-electron chi connectivity index (χ4n) is 1.32. The molecule has 1 aromatic heterocycles. The minimum atomic E-state index is -0.290. The number of nitrogen functional groups attached to an aromatic ring is 1. The van der Waals surface area contributed by atoms with Gasteiger partial charge in [-0.2, -0.15) is 0 Å². The van der Waals surface area contributed by atoms with Gasteiger partial charge in [0.2, 0.25) is 0 Å². The lowest BCUT2D eigenvalue weighted by Crippen LogP contribution is -2.00. The van der Waals surface area contributed by atoms with Crippen LogP contribution in [-0.2, 0) is 0 Å². The van der Waals surface area contributed by atoms with Crippen molar-refractivity contribution in [2.45, 2.75) is 0 Å². The van der Waals surface area contributed by atoms with E-state index in [2.05, 4.69) is 15.3 Å². The molecular weight excluding hydrogens is 207 g/mol. The molecule has 0 atom stereocenters. The number of rotatable bonds is 2. The van der Waals surface area contributed by atoms with E-state index in [1.54, 1.807) is 25.2 Å². The van der Waals surface area contributed by atoms with Crippen molar-refractivity contribution in [2.75, 3.05) is 18.1 Å². The first-order valence-corrected chi connectivity index (χ1v) is 4.77. The zero-order valence-corrected chi connectivity index (χ0v) is 8.74. The highest BCUT2D eigenvalue weighted by molar-refractivity contribution is 5.60. The lowest BCUT2D eigenvalue weighted by molar-refractivity contribution is 0.628. The summed E-state index contributed by atoms with van der Waals surface area (Å²) in [5, 5.41) is 2.88. The first-order chi connectivity index (χ1) is 7.69. The van der Waals surface area contributed by atoms with Gasteiger partial charge in [-0.1, -0.05) is 0 Å². The Labute approximate surface area is 92.3 Å². The van der Waals surface area contributed by atoms with Gasteiger partial charge in [0.25, 0.3) is 0 Å². The van der Waals surface area contributed by atoms with E-state index in [4.69, 9.17) is 5.73 Å². The van der Waals surface area contributed by atoms with Crippen LogP contribution in [0.2, 0.25) is 0 Å². The van der Waals surface area contributed by atoms with Gasteiger partial charge >= 0.3 is 0 Å². The highest BCUT2D eigenvalue weighted by atomic mass is 19.1. The second kappa shape index (κ2) is 4.14. The molecule has 0 bridgehead atoms. The van der Waals surface area contributed by atoms with Crippen molar-refractivity contribution in [1.29, 1.82) is 0 Å². The number of hydrogen-bond donors (Lipinski definition) is 2. The number of nitrogens with one attached hydrogen (secondary N) is 1. The zero-order chi connectivity index (χ0) is 11.5. The quantitative estimate of drug-likeness (QED) is 0.808. The lowest BCUT2D eigenvalue weighted by Gasteiger charge is -2.05. The van der Waals surface area contributed by atoms with Gasteiger partial charge in [0.1, 0.15) is 17.5 Å². The molecule has 0 saturated carbocycles. The molecule has 3 N–H and O–H groups in total. The maximum atomic E-state index is 12.7. The highest BCUT2D eigenvalue weighted by Gasteiger charge is 2.04. The number of nitrogens with zero attached hydrogens (tertiary/aromatic N) is 2. The summed E-state index contributed by atoms with van der Waals surface area (Å²) in [6, 6.07) is 7.59. The number of aromatic nitrogens is 2. The van der Waals surface area contributed by atoms with Crippen LogP contribution >= 0.6 is 0 Å². The van der Waals surface area contributed by atoms with Gasteiger partial charge in [0.15, 0.2) is 5.82 Å². The third kappa shape index (κ3) is 2.08. The molecule has 2 rings (SSSR count). The van der Waals surface area contributed by atoms with E-state index in [9.17, 15) is 4.39 Å². The molecule has 0 spiro atoms. The van der Waals surface area contributed by atoms with Crippen LogP contribution in [0.4, 0.5) is 16.0 Å². The van der Waals surface area contributed by atoms with Crippen molar-refractivity contribution >= 4 is 11.6 Å². The third-order valence-corrected chi connectivity index (χ3v) is 2.10. The van der Waals surface area contributed by atoms with Crippen LogP contribution in [0.25, 0.3) is 11.4 Å². The van der Waals surface area contributed by atoms with Crippen molar-refractivity contribution < 1.29 is 4.39 Å². The van der Waals surface area contributed by atoms with Gasteiger partial charge in [-0.25, -0.2) is 14.4 Å². The monoisotopic (exact) mass is 218 g/mol. The van der Waals surface area contributed by atoms with Gasteiger partial charge in [-0.3, -0.25) is 0 Å². The van der Waals surface area contributed by atoms with Crippen LogP contribution in [0.3, 0.4) is 0 Å². The van der Waals surface area contributed by atoms with Crippen molar-refractivity contribution in [1.82, 2.24) is 9.97 Å². The summed E-state index contributed by atoms with van der Waals surface area (Å²) >= 11 is 0. The van der Waals surface area contributed by atoms with Gasteiger partial charge in [-0.15, -0.1) is 0 Å². The molecule has 0 aliphatic heterocycles. The summed E-state index contributed by atoms with van der Waals surface area (Å²) in [6.07, 6.45) is 0. The Bertz CT molecular complexity index is 496. The van der Waals surface area contributed by atoms with Crippen LogP contribution in [-0.4, -0.2) is 17.0 Å². The van der Waals surface area contributed by atoms with Crippen LogP contribution in [0, 0.1) is 5.82 Å². The minimum absolute atomic E-state index is 0.290. The Morgan fingerprint density at radius 2 is 1.88 bits per heavy atom. The Morgan fingerprint density at radius 1 is 1.19 bits per heavy atom. The maximum Gasteiger partial charge on any atom is 0.163 e. The van der Waals surface area contributed by atoms with E-state index in [0.29, 0.717) is 17.5 Å². The molecule has 2 aromatic rings. The number of nitrogens with two attached hydrogens (primary N) is 1. The van der Waals surface area contributed by atoms with E-state index >= 15 is 0 Å². The summed E-state index contributed by atoms with van der Waals surface area (Å²) in [5.41, 5.74) is 6.36. The van der Waals surface area contributed by atoms with Crippen molar-refractivity contribution in [3.63, 3.8) is 0 Å². The molecule has 5 heteroatoms. The largest absolute Gasteiger partial charge is 0.384 e. The number of benzene rings is 1. The van der Waals surface area contributed by atoms with Crippen LogP contribution in [0.1, 0.15) is 0 Å². The van der Waals surface area contributed by atoms with Gasteiger partial charge in [-0.05, 0) is 24.3 Å². The highest BCUT2D eigenvalue weighted by Crippen LogP contribution is 2.18. The molecule has 4 nitrogen and oxygen atoms in total. The summed E-state index contributed by atoms with van der Waals surface area (Å²) in [5.74, 6) is 1.19. The lowest BCUT2D eigenvalue weighted by atomic mass is 10.2. The van der Waals surface area contributed by atoms with E-state index in [1.807, 2.05) is 0 Å². The van der Waals surface area contributed by atoms with Crippen LogP contribution in [0.5, 0.6) is 0 Å². The number of hydrogen-bond acceptors (Lipinski definition) is 4. The molecule has 0 saturated heterocycles. The van der Waals surface area contributed by atoms with E-state index in [0.717, 1.165) is 5.56 Å². The van der Waals surface area contributed by atoms with Crippen molar-refractivity contribution in [3.8, 4) is 11.4 Å². The van der Waals surface area contributed by atoms with E-state index in [-0.39, 0.29) is 5.82 Å². The first kappa shape index (κ1) is 10.4. The van der Waals surface area contributed by atoms with Gasteiger partial charge in [0, 0.05) is 18.7 Å². The van der Waals surface area contributed by atoms with Crippen LogP contribution < -0.4 is 11.1 Å². The average molecular weight is 218 g/mol. The second-order valence-electron chi connectivity index (χ2n) is 3.26. The van der Waals surface area contributed by atoms with Crippen LogP contribution in [0.15, 0.2) is 30.3 Å².